The monoisotopic (exact) mass is 259 g/mol. The lowest BCUT2D eigenvalue weighted by atomic mass is 9.76. The summed E-state index contributed by atoms with van der Waals surface area (Å²) < 4.78 is 0. The van der Waals surface area contributed by atoms with E-state index >= 15 is 0 Å². The van der Waals surface area contributed by atoms with E-state index in [1.54, 1.807) is 31.2 Å². The number of amides is 2. The predicted molar refractivity (Wildman–Crippen MR) is 77.0 cm³/mol. The molecule has 1 fully saturated rings. The van der Waals surface area contributed by atoms with E-state index in [0.29, 0.717) is 0 Å². The van der Waals surface area contributed by atoms with Gasteiger partial charge in [-0.25, -0.2) is 0 Å². The SMILES string of the molecule is C/C=C\C1C(=O)N(/C=C\C)C(=O)C1(/C=C\C)/C=C\C. The third-order valence-corrected chi connectivity index (χ3v) is 3.18. The van der Waals surface area contributed by atoms with E-state index in [9.17, 15) is 9.59 Å². The van der Waals surface area contributed by atoms with Gasteiger partial charge in [0.2, 0.25) is 11.8 Å². The topological polar surface area (TPSA) is 37.4 Å². The normalized spacial score (nSPS) is 24.0. The first-order valence-corrected chi connectivity index (χ1v) is 6.49. The van der Waals surface area contributed by atoms with Crippen LogP contribution in [0.1, 0.15) is 27.7 Å². The van der Waals surface area contributed by atoms with E-state index < -0.39 is 11.3 Å². The van der Waals surface area contributed by atoms with Crippen LogP contribution in [-0.2, 0) is 9.59 Å². The van der Waals surface area contributed by atoms with Crippen molar-refractivity contribution in [2.45, 2.75) is 27.7 Å². The van der Waals surface area contributed by atoms with Crippen LogP contribution in [0.25, 0.3) is 0 Å². The first kappa shape index (κ1) is 15.2. The molecular weight excluding hydrogens is 238 g/mol. The molecule has 3 nitrogen and oxygen atoms in total. The molecule has 1 heterocycles. The van der Waals surface area contributed by atoms with Crippen molar-refractivity contribution in [1.82, 2.24) is 4.90 Å². The molecule has 1 saturated heterocycles. The largest absolute Gasteiger partial charge is 0.273 e. The number of hydrogen-bond donors (Lipinski definition) is 0. The van der Waals surface area contributed by atoms with Gasteiger partial charge in [-0.1, -0.05) is 42.5 Å². The van der Waals surface area contributed by atoms with Crippen molar-refractivity contribution in [2.24, 2.45) is 11.3 Å². The van der Waals surface area contributed by atoms with Crippen molar-refractivity contribution in [3.05, 3.63) is 48.7 Å². The molecule has 2 amide bonds. The van der Waals surface area contributed by atoms with Crippen LogP contribution < -0.4 is 0 Å². The first-order valence-electron chi connectivity index (χ1n) is 6.49. The Morgan fingerprint density at radius 2 is 1.53 bits per heavy atom. The maximum Gasteiger partial charge on any atom is 0.248 e. The second-order valence-electron chi connectivity index (χ2n) is 4.43. The van der Waals surface area contributed by atoms with Crippen LogP contribution in [0.2, 0.25) is 0 Å². The molecule has 0 aromatic heterocycles. The second-order valence-corrected chi connectivity index (χ2v) is 4.43. The smallest absolute Gasteiger partial charge is 0.248 e. The minimum Gasteiger partial charge on any atom is -0.273 e. The van der Waals surface area contributed by atoms with Crippen LogP contribution >= 0.6 is 0 Å². The average molecular weight is 259 g/mol. The molecule has 1 aliphatic rings. The van der Waals surface area contributed by atoms with Gasteiger partial charge in [-0.3, -0.25) is 14.5 Å². The fraction of sp³-hybridized carbons (Fsp3) is 0.375. The van der Waals surface area contributed by atoms with Crippen LogP contribution in [-0.4, -0.2) is 16.7 Å². The summed E-state index contributed by atoms with van der Waals surface area (Å²) in [6.07, 6.45) is 14.1. The third kappa shape index (κ3) is 2.46. The molecule has 19 heavy (non-hydrogen) atoms. The number of carbonyl (C=O) groups excluding carboxylic acids is 2. The summed E-state index contributed by atoms with van der Waals surface area (Å²) >= 11 is 0. The minimum absolute atomic E-state index is 0.183. The molecule has 0 aromatic rings. The molecular formula is C16H21NO2. The lowest BCUT2D eigenvalue weighted by Gasteiger charge is -2.22. The third-order valence-electron chi connectivity index (χ3n) is 3.18. The Morgan fingerprint density at radius 1 is 0.947 bits per heavy atom. The van der Waals surface area contributed by atoms with Crippen molar-refractivity contribution in [1.29, 1.82) is 0 Å². The molecule has 0 bridgehead atoms. The van der Waals surface area contributed by atoms with E-state index in [1.165, 1.54) is 11.1 Å². The molecule has 1 atom stereocenters. The highest BCUT2D eigenvalue weighted by atomic mass is 16.2. The van der Waals surface area contributed by atoms with Crippen LogP contribution in [0.3, 0.4) is 0 Å². The van der Waals surface area contributed by atoms with E-state index in [0.717, 1.165) is 0 Å². The summed E-state index contributed by atoms with van der Waals surface area (Å²) in [6.45, 7) is 7.35. The molecule has 0 aliphatic carbocycles. The number of rotatable bonds is 4. The molecule has 1 unspecified atom stereocenters. The molecule has 0 radical (unpaired) electrons. The summed E-state index contributed by atoms with van der Waals surface area (Å²) in [7, 11) is 0. The lowest BCUT2D eigenvalue weighted by molar-refractivity contribution is -0.136. The van der Waals surface area contributed by atoms with Gasteiger partial charge >= 0.3 is 0 Å². The maximum absolute atomic E-state index is 12.6. The standard InChI is InChI=1S/C16H21NO2/c1-5-9-13-14(18)17(12-8-4)15(19)16(13,10-6-2)11-7-3/h5-13H,1-4H3/b9-5-,10-6-,11-7-,12-8-. The van der Waals surface area contributed by atoms with E-state index in [2.05, 4.69) is 0 Å². The summed E-state index contributed by atoms with van der Waals surface area (Å²) in [6, 6.07) is 0. The molecule has 0 saturated carbocycles. The van der Waals surface area contributed by atoms with E-state index in [1.807, 2.05) is 39.0 Å². The Morgan fingerprint density at radius 3 is 1.95 bits per heavy atom. The fourth-order valence-corrected chi connectivity index (χ4v) is 2.48. The Hall–Kier alpha value is -1.90. The zero-order valence-corrected chi connectivity index (χ0v) is 12.0. The number of likely N-dealkylation sites (tertiary alicyclic amines) is 1. The van der Waals surface area contributed by atoms with E-state index in [-0.39, 0.29) is 11.8 Å². The Balaban J connectivity index is 3.47. The molecule has 102 valence electrons. The molecule has 0 spiro atoms. The van der Waals surface area contributed by atoms with Crippen LogP contribution in [0.5, 0.6) is 0 Å². The molecule has 1 aliphatic heterocycles. The van der Waals surface area contributed by atoms with E-state index in [4.69, 9.17) is 0 Å². The van der Waals surface area contributed by atoms with Crippen molar-refractivity contribution >= 4 is 11.8 Å². The first-order chi connectivity index (χ1) is 9.08. The van der Waals surface area contributed by atoms with Gasteiger partial charge in [-0.05, 0) is 27.7 Å². The Kier molecular flexibility index (Phi) is 5.04. The number of imide groups is 1. The van der Waals surface area contributed by atoms with Crippen LogP contribution in [0, 0.1) is 11.3 Å². The number of carbonyl (C=O) groups is 2. The van der Waals surface area contributed by atoms with Gasteiger partial charge in [0.15, 0.2) is 0 Å². The highest BCUT2D eigenvalue weighted by Gasteiger charge is 2.54. The number of hydrogen-bond acceptors (Lipinski definition) is 2. The Labute approximate surface area is 115 Å². The summed E-state index contributed by atoms with van der Waals surface area (Å²) in [5.41, 5.74) is -0.896. The van der Waals surface area contributed by atoms with Crippen LogP contribution in [0.15, 0.2) is 48.7 Å². The van der Waals surface area contributed by atoms with Gasteiger partial charge in [0.25, 0.3) is 0 Å². The predicted octanol–water partition coefficient (Wildman–Crippen LogP) is 3.22. The van der Waals surface area contributed by atoms with Gasteiger partial charge in [0.05, 0.1) is 5.92 Å². The maximum atomic E-state index is 12.6. The summed E-state index contributed by atoms with van der Waals surface area (Å²) in [4.78, 5) is 26.2. The quantitative estimate of drug-likeness (QED) is 0.574. The number of allylic oxidation sites excluding steroid dienone is 4. The second kappa shape index (κ2) is 6.32. The average Bonchev–Trinajstić information content (AvgIpc) is 2.56. The van der Waals surface area contributed by atoms with Gasteiger partial charge in [0, 0.05) is 6.20 Å². The fourth-order valence-electron chi connectivity index (χ4n) is 2.48. The van der Waals surface area contributed by atoms with Crippen molar-refractivity contribution < 1.29 is 9.59 Å². The van der Waals surface area contributed by atoms with Crippen molar-refractivity contribution in [3.8, 4) is 0 Å². The molecule has 3 heteroatoms. The summed E-state index contributed by atoms with van der Waals surface area (Å²) in [5, 5.41) is 0. The number of nitrogens with zero attached hydrogens (tertiary/aromatic N) is 1. The van der Waals surface area contributed by atoms with Crippen LogP contribution in [0.4, 0.5) is 0 Å². The van der Waals surface area contributed by atoms with Gasteiger partial charge in [-0.2, -0.15) is 0 Å². The zero-order valence-electron chi connectivity index (χ0n) is 12.0. The van der Waals surface area contributed by atoms with Gasteiger partial charge in [0.1, 0.15) is 5.41 Å². The van der Waals surface area contributed by atoms with Gasteiger partial charge in [-0.15, -0.1) is 0 Å². The van der Waals surface area contributed by atoms with Gasteiger partial charge < -0.3 is 0 Å². The van der Waals surface area contributed by atoms with Crippen molar-refractivity contribution in [2.75, 3.05) is 0 Å². The highest BCUT2D eigenvalue weighted by molar-refractivity contribution is 6.11. The molecule has 1 rings (SSSR count). The molecule has 0 aromatic carbocycles. The summed E-state index contributed by atoms with van der Waals surface area (Å²) in [5.74, 6) is -0.860. The lowest BCUT2D eigenvalue weighted by Crippen LogP contribution is -2.31. The molecule has 0 N–H and O–H groups in total. The van der Waals surface area contributed by atoms with Crippen molar-refractivity contribution in [3.63, 3.8) is 0 Å². The minimum atomic E-state index is -0.896. The highest BCUT2D eigenvalue weighted by Crippen LogP contribution is 2.42. The Bertz CT molecular complexity index is 457. The zero-order chi connectivity index (χ0) is 14.5.